The molecule has 0 atom stereocenters. The summed E-state index contributed by atoms with van der Waals surface area (Å²) in [7, 11) is 5.83. The maximum atomic E-state index is 5.80. The Bertz CT molecular complexity index is 406. The number of benzene rings is 1. The van der Waals surface area contributed by atoms with Crippen LogP contribution in [0.1, 0.15) is 25.8 Å². The molecule has 0 unspecified atom stereocenters. The maximum absolute atomic E-state index is 5.80. The normalized spacial score (nSPS) is 11.2. The van der Waals surface area contributed by atoms with E-state index in [2.05, 4.69) is 50.3 Å². The minimum absolute atomic E-state index is 0.659. The monoisotopic (exact) mass is 294 g/mol. The van der Waals surface area contributed by atoms with Crippen LogP contribution in [0, 0.1) is 5.92 Å². The summed E-state index contributed by atoms with van der Waals surface area (Å²) in [5.41, 5.74) is 1.22. The van der Waals surface area contributed by atoms with Crippen LogP contribution in [0.4, 0.5) is 0 Å². The Labute approximate surface area is 129 Å². The lowest BCUT2D eigenvalue weighted by Gasteiger charge is -2.14. The summed E-state index contributed by atoms with van der Waals surface area (Å²) in [6.45, 7) is 8.02. The van der Waals surface area contributed by atoms with Crippen molar-refractivity contribution in [2.75, 3.05) is 40.9 Å². The molecule has 0 aliphatic heterocycles. The number of ether oxygens (including phenoxy) is 2. The van der Waals surface area contributed by atoms with Crippen LogP contribution in [0.15, 0.2) is 18.2 Å². The second-order valence-electron chi connectivity index (χ2n) is 6.02. The van der Waals surface area contributed by atoms with Gasteiger partial charge >= 0.3 is 0 Å². The Balaban J connectivity index is 2.49. The molecule has 0 bridgehead atoms. The number of nitrogens with zero attached hydrogens (tertiary/aromatic N) is 1. The topological polar surface area (TPSA) is 33.7 Å². The van der Waals surface area contributed by atoms with Crippen LogP contribution >= 0.6 is 0 Å². The Morgan fingerprint density at radius 2 is 1.95 bits per heavy atom. The van der Waals surface area contributed by atoms with Gasteiger partial charge in [0.2, 0.25) is 0 Å². The second-order valence-corrected chi connectivity index (χ2v) is 6.02. The van der Waals surface area contributed by atoms with Crippen LogP contribution in [-0.4, -0.2) is 45.8 Å². The predicted octanol–water partition coefficient (Wildman–Crippen LogP) is 2.77. The van der Waals surface area contributed by atoms with Crippen LogP contribution in [0.5, 0.6) is 11.5 Å². The van der Waals surface area contributed by atoms with Gasteiger partial charge in [-0.3, -0.25) is 0 Å². The first-order chi connectivity index (χ1) is 10.0. The van der Waals surface area contributed by atoms with Gasteiger partial charge in [-0.25, -0.2) is 0 Å². The third-order valence-corrected chi connectivity index (χ3v) is 3.12. The molecule has 4 nitrogen and oxygen atoms in total. The molecule has 4 heteroatoms. The van der Waals surface area contributed by atoms with Crippen molar-refractivity contribution in [3.8, 4) is 11.5 Å². The molecule has 21 heavy (non-hydrogen) atoms. The van der Waals surface area contributed by atoms with Crippen molar-refractivity contribution < 1.29 is 9.47 Å². The van der Waals surface area contributed by atoms with E-state index in [-0.39, 0.29) is 0 Å². The highest BCUT2D eigenvalue weighted by Crippen LogP contribution is 2.28. The van der Waals surface area contributed by atoms with Gasteiger partial charge in [-0.2, -0.15) is 0 Å². The Kier molecular flexibility index (Phi) is 8.16. The van der Waals surface area contributed by atoms with E-state index < -0.39 is 0 Å². The van der Waals surface area contributed by atoms with Crippen molar-refractivity contribution in [2.45, 2.75) is 26.8 Å². The van der Waals surface area contributed by atoms with E-state index in [0.29, 0.717) is 12.5 Å². The van der Waals surface area contributed by atoms with Gasteiger partial charge in [0.1, 0.15) is 0 Å². The summed E-state index contributed by atoms with van der Waals surface area (Å²) in [6.07, 6.45) is 1.01. The summed E-state index contributed by atoms with van der Waals surface area (Å²) in [5.74, 6) is 2.29. The summed E-state index contributed by atoms with van der Waals surface area (Å²) in [4.78, 5) is 2.16. The van der Waals surface area contributed by atoms with Crippen molar-refractivity contribution in [1.82, 2.24) is 10.2 Å². The third kappa shape index (κ3) is 7.34. The van der Waals surface area contributed by atoms with Crippen molar-refractivity contribution in [3.05, 3.63) is 23.8 Å². The minimum atomic E-state index is 0.659. The van der Waals surface area contributed by atoms with E-state index in [0.717, 1.165) is 37.6 Å². The molecule has 1 N–H and O–H groups in total. The molecule has 1 aromatic rings. The molecular formula is C17H30N2O2. The second kappa shape index (κ2) is 9.64. The van der Waals surface area contributed by atoms with Crippen molar-refractivity contribution in [1.29, 1.82) is 0 Å². The Morgan fingerprint density at radius 3 is 2.57 bits per heavy atom. The fourth-order valence-corrected chi connectivity index (χ4v) is 2.01. The van der Waals surface area contributed by atoms with Crippen LogP contribution in [0.3, 0.4) is 0 Å². The van der Waals surface area contributed by atoms with Gasteiger partial charge in [0.25, 0.3) is 0 Å². The molecule has 0 heterocycles. The molecule has 1 aromatic carbocycles. The van der Waals surface area contributed by atoms with E-state index >= 15 is 0 Å². The molecule has 1 rings (SSSR count). The average molecular weight is 294 g/mol. The van der Waals surface area contributed by atoms with Gasteiger partial charge in [-0.15, -0.1) is 0 Å². The quantitative estimate of drug-likeness (QED) is 0.673. The largest absolute Gasteiger partial charge is 0.493 e. The molecular weight excluding hydrogens is 264 g/mol. The number of rotatable bonds is 10. The fourth-order valence-electron chi connectivity index (χ4n) is 2.01. The highest BCUT2D eigenvalue weighted by atomic mass is 16.5. The zero-order valence-corrected chi connectivity index (χ0v) is 14.1. The van der Waals surface area contributed by atoms with Crippen molar-refractivity contribution in [2.24, 2.45) is 5.92 Å². The van der Waals surface area contributed by atoms with Gasteiger partial charge in [0, 0.05) is 13.1 Å². The summed E-state index contributed by atoms with van der Waals surface area (Å²) in [6, 6.07) is 6.15. The lowest BCUT2D eigenvalue weighted by Crippen LogP contribution is -2.19. The van der Waals surface area contributed by atoms with Crippen LogP contribution in [0.2, 0.25) is 0 Å². The number of hydrogen-bond donors (Lipinski definition) is 1. The van der Waals surface area contributed by atoms with Gasteiger partial charge in [0.15, 0.2) is 11.5 Å². The fraction of sp³-hybridized carbons (Fsp3) is 0.647. The number of methoxy groups -OCH3 is 1. The lowest BCUT2D eigenvalue weighted by molar-refractivity contribution is 0.268. The van der Waals surface area contributed by atoms with Crippen LogP contribution < -0.4 is 14.8 Å². The molecule has 120 valence electrons. The number of nitrogens with one attached hydrogen (secondary N) is 1. The molecule has 0 aliphatic carbocycles. The SMILES string of the molecule is COc1cc(CNCC(C)C)ccc1OCCCN(C)C. The van der Waals surface area contributed by atoms with Crippen LogP contribution in [0.25, 0.3) is 0 Å². The zero-order chi connectivity index (χ0) is 15.7. The zero-order valence-electron chi connectivity index (χ0n) is 14.1. The first-order valence-corrected chi connectivity index (χ1v) is 7.68. The number of hydrogen-bond acceptors (Lipinski definition) is 4. The van der Waals surface area contributed by atoms with Gasteiger partial charge in [-0.1, -0.05) is 19.9 Å². The molecule has 0 saturated heterocycles. The highest BCUT2D eigenvalue weighted by Gasteiger charge is 2.06. The highest BCUT2D eigenvalue weighted by molar-refractivity contribution is 5.42. The first kappa shape index (κ1) is 17.8. The Morgan fingerprint density at radius 1 is 1.19 bits per heavy atom. The first-order valence-electron chi connectivity index (χ1n) is 7.68. The Hall–Kier alpha value is -1.26. The average Bonchev–Trinajstić information content (AvgIpc) is 2.43. The molecule has 0 aromatic heterocycles. The van der Waals surface area contributed by atoms with Gasteiger partial charge < -0.3 is 19.7 Å². The summed E-state index contributed by atoms with van der Waals surface area (Å²) >= 11 is 0. The van der Waals surface area contributed by atoms with E-state index in [4.69, 9.17) is 9.47 Å². The molecule has 0 saturated carbocycles. The van der Waals surface area contributed by atoms with E-state index in [1.807, 2.05) is 6.07 Å². The maximum Gasteiger partial charge on any atom is 0.161 e. The standard InChI is InChI=1S/C17H30N2O2/c1-14(2)12-18-13-15-7-8-16(17(11-15)20-5)21-10-6-9-19(3)4/h7-8,11,14,18H,6,9-10,12-13H2,1-5H3. The van der Waals surface area contributed by atoms with Gasteiger partial charge in [-0.05, 0) is 50.7 Å². The molecule has 0 spiro atoms. The smallest absolute Gasteiger partial charge is 0.161 e. The van der Waals surface area contributed by atoms with E-state index in [1.165, 1.54) is 5.56 Å². The van der Waals surface area contributed by atoms with Gasteiger partial charge in [0.05, 0.1) is 13.7 Å². The van der Waals surface area contributed by atoms with Crippen molar-refractivity contribution >= 4 is 0 Å². The minimum Gasteiger partial charge on any atom is -0.493 e. The molecule has 0 amide bonds. The molecule has 0 fully saturated rings. The lowest BCUT2D eigenvalue weighted by atomic mass is 10.2. The van der Waals surface area contributed by atoms with Crippen LogP contribution in [-0.2, 0) is 6.54 Å². The van der Waals surface area contributed by atoms with Crippen molar-refractivity contribution in [3.63, 3.8) is 0 Å². The molecule has 0 radical (unpaired) electrons. The van der Waals surface area contributed by atoms with E-state index in [9.17, 15) is 0 Å². The summed E-state index contributed by atoms with van der Waals surface area (Å²) in [5, 5.41) is 3.43. The predicted molar refractivity (Wildman–Crippen MR) is 88.2 cm³/mol. The van der Waals surface area contributed by atoms with E-state index in [1.54, 1.807) is 7.11 Å². The molecule has 0 aliphatic rings. The summed E-state index contributed by atoms with van der Waals surface area (Å²) < 4.78 is 11.2. The third-order valence-electron chi connectivity index (χ3n) is 3.12.